The summed E-state index contributed by atoms with van der Waals surface area (Å²) >= 11 is 0. The van der Waals surface area contributed by atoms with Crippen molar-refractivity contribution in [3.05, 3.63) is 29.8 Å². The number of sulfone groups is 1. The van der Waals surface area contributed by atoms with E-state index in [-0.39, 0.29) is 11.3 Å². The summed E-state index contributed by atoms with van der Waals surface area (Å²) in [6, 6.07) is 6.41. The Morgan fingerprint density at radius 2 is 2.00 bits per heavy atom. The summed E-state index contributed by atoms with van der Waals surface area (Å²) in [5.41, 5.74) is 0.597. The van der Waals surface area contributed by atoms with E-state index in [1.807, 2.05) is 0 Å². The summed E-state index contributed by atoms with van der Waals surface area (Å²) < 4.78 is 23.3. The Labute approximate surface area is 81.1 Å². The van der Waals surface area contributed by atoms with Crippen LogP contribution in [0.3, 0.4) is 0 Å². The van der Waals surface area contributed by atoms with Gasteiger partial charge in [-0.05, 0) is 11.6 Å². The Balaban J connectivity index is 2.62. The maximum Gasteiger partial charge on any atom is 0.322 e. The van der Waals surface area contributed by atoms with Crippen LogP contribution >= 0.6 is 0 Å². The minimum atomic E-state index is -3.65. The molecule has 0 amide bonds. The average Bonchev–Trinajstić information content (AvgIpc) is 2.39. The van der Waals surface area contributed by atoms with Crippen LogP contribution in [0.25, 0.3) is 0 Å². The van der Waals surface area contributed by atoms with Crippen molar-refractivity contribution in [3.63, 3.8) is 0 Å². The highest BCUT2D eigenvalue weighted by atomic mass is 32.2. The van der Waals surface area contributed by atoms with Crippen LogP contribution in [0.1, 0.15) is 5.56 Å². The third kappa shape index (κ3) is 1.13. The van der Waals surface area contributed by atoms with Gasteiger partial charge in [0, 0.05) is 6.42 Å². The molecule has 0 aliphatic carbocycles. The standard InChI is InChI=1S/C9H8O4S/c10-9(11)8-5-6-3-1-2-4-7(6)14(8,12)13/h1-4,8H,5H2,(H,10,11). The van der Waals surface area contributed by atoms with Crippen molar-refractivity contribution in [2.24, 2.45) is 0 Å². The third-order valence-electron chi connectivity index (χ3n) is 2.33. The van der Waals surface area contributed by atoms with E-state index >= 15 is 0 Å². The molecule has 0 aromatic heterocycles. The van der Waals surface area contributed by atoms with Crippen molar-refractivity contribution in [3.8, 4) is 0 Å². The SMILES string of the molecule is O=C(O)C1Cc2ccccc2S1(=O)=O. The lowest BCUT2D eigenvalue weighted by molar-refractivity contribution is -0.136. The quantitative estimate of drug-likeness (QED) is 0.734. The Kier molecular flexibility index (Phi) is 1.85. The summed E-state index contributed by atoms with van der Waals surface area (Å²) in [5, 5.41) is 7.44. The summed E-state index contributed by atoms with van der Waals surface area (Å²) in [6.07, 6.45) is 0.0772. The van der Waals surface area contributed by atoms with Gasteiger partial charge in [0.25, 0.3) is 0 Å². The van der Waals surface area contributed by atoms with Crippen molar-refractivity contribution in [1.29, 1.82) is 0 Å². The summed E-state index contributed by atoms with van der Waals surface area (Å²) in [6.45, 7) is 0. The van der Waals surface area contributed by atoms with Gasteiger partial charge >= 0.3 is 5.97 Å². The van der Waals surface area contributed by atoms with E-state index in [1.54, 1.807) is 18.2 Å². The van der Waals surface area contributed by atoms with Crippen LogP contribution < -0.4 is 0 Å². The zero-order chi connectivity index (χ0) is 10.3. The van der Waals surface area contributed by atoms with Gasteiger partial charge in [-0.1, -0.05) is 18.2 Å². The van der Waals surface area contributed by atoms with E-state index in [4.69, 9.17) is 5.11 Å². The zero-order valence-corrected chi connectivity index (χ0v) is 7.99. The molecule has 1 unspecified atom stereocenters. The van der Waals surface area contributed by atoms with Crippen molar-refractivity contribution in [2.75, 3.05) is 0 Å². The molecule has 1 heterocycles. The van der Waals surface area contributed by atoms with Gasteiger partial charge < -0.3 is 5.11 Å². The molecule has 1 N–H and O–H groups in total. The Morgan fingerprint density at radius 3 is 2.57 bits per heavy atom. The lowest BCUT2D eigenvalue weighted by Crippen LogP contribution is -2.26. The number of aliphatic carboxylic acids is 1. The molecule has 1 atom stereocenters. The van der Waals surface area contributed by atoms with Gasteiger partial charge in [-0.3, -0.25) is 4.79 Å². The lowest BCUT2D eigenvalue weighted by atomic mass is 10.1. The zero-order valence-electron chi connectivity index (χ0n) is 7.17. The Morgan fingerprint density at radius 1 is 1.36 bits per heavy atom. The molecule has 0 radical (unpaired) electrons. The Bertz CT molecular complexity index is 489. The number of fused-ring (bicyclic) bond motifs is 1. The van der Waals surface area contributed by atoms with Gasteiger partial charge in [-0.2, -0.15) is 0 Å². The monoisotopic (exact) mass is 212 g/mol. The Hall–Kier alpha value is -1.36. The topological polar surface area (TPSA) is 71.4 Å². The van der Waals surface area contributed by atoms with Gasteiger partial charge in [0.2, 0.25) is 0 Å². The van der Waals surface area contributed by atoms with Crippen LogP contribution in [-0.2, 0) is 21.1 Å². The van der Waals surface area contributed by atoms with Gasteiger partial charge in [0.05, 0.1) is 4.90 Å². The normalized spacial score (nSPS) is 23.0. The van der Waals surface area contributed by atoms with Crippen LogP contribution in [0.4, 0.5) is 0 Å². The molecule has 1 aromatic rings. The van der Waals surface area contributed by atoms with E-state index in [0.29, 0.717) is 5.56 Å². The lowest BCUT2D eigenvalue weighted by Gasteiger charge is -2.01. The number of benzene rings is 1. The fourth-order valence-electron chi connectivity index (χ4n) is 1.63. The highest BCUT2D eigenvalue weighted by Gasteiger charge is 2.41. The van der Waals surface area contributed by atoms with E-state index in [0.717, 1.165) is 0 Å². The molecule has 2 rings (SSSR count). The first-order chi connectivity index (χ1) is 6.53. The number of hydrogen-bond acceptors (Lipinski definition) is 3. The smallest absolute Gasteiger partial charge is 0.322 e. The number of hydrogen-bond donors (Lipinski definition) is 1. The van der Waals surface area contributed by atoms with Gasteiger partial charge in [-0.15, -0.1) is 0 Å². The molecule has 0 spiro atoms. The number of carboxylic acid groups (broad SMARTS) is 1. The van der Waals surface area contributed by atoms with Gasteiger partial charge in [0.15, 0.2) is 15.1 Å². The fraction of sp³-hybridized carbons (Fsp3) is 0.222. The second-order valence-corrected chi connectivity index (χ2v) is 5.28. The average molecular weight is 212 g/mol. The highest BCUT2D eigenvalue weighted by Crippen LogP contribution is 2.30. The predicted octanol–water partition coefficient (Wildman–Crippen LogP) is 0.470. The molecular formula is C9H8O4S. The third-order valence-corrected chi connectivity index (χ3v) is 4.46. The maximum absolute atomic E-state index is 11.6. The van der Waals surface area contributed by atoms with E-state index < -0.39 is 21.1 Å². The molecule has 1 aromatic carbocycles. The maximum atomic E-state index is 11.6. The van der Waals surface area contributed by atoms with E-state index in [2.05, 4.69) is 0 Å². The largest absolute Gasteiger partial charge is 0.480 e. The molecule has 5 heteroatoms. The van der Waals surface area contributed by atoms with Crippen molar-refractivity contribution in [1.82, 2.24) is 0 Å². The molecule has 0 bridgehead atoms. The highest BCUT2D eigenvalue weighted by molar-refractivity contribution is 7.93. The minimum Gasteiger partial charge on any atom is -0.480 e. The summed E-state index contributed by atoms with van der Waals surface area (Å²) in [4.78, 5) is 10.9. The van der Waals surface area contributed by atoms with Gasteiger partial charge in [0.1, 0.15) is 0 Å². The van der Waals surface area contributed by atoms with Crippen molar-refractivity contribution in [2.45, 2.75) is 16.6 Å². The van der Waals surface area contributed by atoms with Crippen LogP contribution in [0, 0.1) is 0 Å². The molecule has 1 aliphatic heterocycles. The number of carboxylic acids is 1. The number of carbonyl (C=O) groups is 1. The first-order valence-corrected chi connectivity index (χ1v) is 5.63. The van der Waals surface area contributed by atoms with E-state index in [9.17, 15) is 13.2 Å². The first-order valence-electron chi connectivity index (χ1n) is 4.08. The molecule has 0 saturated carbocycles. The number of rotatable bonds is 1. The van der Waals surface area contributed by atoms with Crippen molar-refractivity contribution < 1.29 is 18.3 Å². The molecule has 74 valence electrons. The second-order valence-electron chi connectivity index (χ2n) is 3.18. The molecule has 14 heavy (non-hydrogen) atoms. The molecule has 0 saturated heterocycles. The summed E-state index contributed by atoms with van der Waals surface area (Å²) in [5.74, 6) is -1.28. The fourth-order valence-corrected chi connectivity index (χ4v) is 3.39. The molecule has 1 aliphatic rings. The molecule has 4 nitrogen and oxygen atoms in total. The van der Waals surface area contributed by atoms with Crippen LogP contribution in [0.5, 0.6) is 0 Å². The van der Waals surface area contributed by atoms with Crippen LogP contribution in [-0.4, -0.2) is 24.7 Å². The van der Waals surface area contributed by atoms with Crippen LogP contribution in [0.2, 0.25) is 0 Å². The van der Waals surface area contributed by atoms with E-state index in [1.165, 1.54) is 6.07 Å². The second kappa shape index (κ2) is 2.81. The molecule has 0 fully saturated rings. The van der Waals surface area contributed by atoms with Gasteiger partial charge in [-0.25, -0.2) is 8.42 Å². The molecular weight excluding hydrogens is 204 g/mol. The van der Waals surface area contributed by atoms with Crippen molar-refractivity contribution >= 4 is 15.8 Å². The minimum absolute atomic E-state index is 0.0772. The predicted molar refractivity (Wildman–Crippen MR) is 48.8 cm³/mol. The first kappa shape index (κ1) is 9.21. The summed E-state index contributed by atoms with van der Waals surface area (Å²) in [7, 11) is -3.65. The van der Waals surface area contributed by atoms with Crippen LogP contribution in [0.15, 0.2) is 29.2 Å².